The van der Waals surface area contributed by atoms with Gasteiger partial charge >= 0.3 is 0 Å². The molecule has 0 saturated carbocycles. The van der Waals surface area contributed by atoms with Crippen LogP contribution in [0.1, 0.15) is 48.9 Å². The largest absolute Gasteiger partial charge is 0.343 e. The molecular formula is C17H26N2O. The predicted octanol–water partition coefficient (Wildman–Crippen LogP) is 2.97. The van der Waals surface area contributed by atoms with Crippen LogP contribution in [0.5, 0.6) is 0 Å². The number of amides is 1. The van der Waals surface area contributed by atoms with Gasteiger partial charge in [-0.05, 0) is 50.3 Å². The maximum atomic E-state index is 11.9. The summed E-state index contributed by atoms with van der Waals surface area (Å²) >= 11 is 0. The Labute approximate surface area is 122 Å². The third kappa shape index (κ3) is 3.83. The van der Waals surface area contributed by atoms with Crippen molar-refractivity contribution in [3.05, 3.63) is 34.9 Å². The topological polar surface area (TPSA) is 32.3 Å². The van der Waals surface area contributed by atoms with Gasteiger partial charge < -0.3 is 10.2 Å². The van der Waals surface area contributed by atoms with Gasteiger partial charge in [-0.1, -0.05) is 18.2 Å². The van der Waals surface area contributed by atoms with Gasteiger partial charge in [0.25, 0.3) is 0 Å². The van der Waals surface area contributed by atoms with Crippen molar-refractivity contribution in [1.82, 2.24) is 10.2 Å². The molecule has 1 atom stereocenters. The Bertz CT molecular complexity index is 464. The second-order valence-corrected chi connectivity index (χ2v) is 5.86. The van der Waals surface area contributed by atoms with E-state index >= 15 is 0 Å². The molecule has 1 aromatic rings. The summed E-state index contributed by atoms with van der Waals surface area (Å²) in [5.41, 5.74) is 3.94. The number of carbonyl (C=O) groups is 1. The minimum atomic E-state index is 0.292. The number of rotatable bonds is 5. The van der Waals surface area contributed by atoms with Crippen molar-refractivity contribution in [1.29, 1.82) is 0 Å². The summed E-state index contributed by atoms with van der Waals surface area (Å²) in [6, 6.07) is 6.86. The minimum absolute atomic E-state index is 0.292. The Kier molecular flexibility index (Phi) is 5.18. The quantitative estimate of drug-likeness (QED) is 0.895. The Balaban J connectivity index is 1.78. The molecule has 0 aliphatic carbocycles. The van der Waals surface area contributed by atoms with Crippen molar-refractivity contribution in [2.75, 3.05) is 19.6 Å². The fourth-order valence-corrected chi connectivity index (χ4v) is 2.67. The van der Waals surface area contributed by atoms with E-state index in [0.29, 0.717) is 18.4 Å². The van der Waals surface area contributed by atoms with E-state index in [1.165, 1.54) is 16.7 Å². The maximum absolute atomic E-state index is 11.9. The van der Waals surface area contributed by atoms with Gasteiger partial charge in [-0.2, -0.15) is 0 Å². The van der Waals surface area contributed by atoms with Crippen LogP contribution in [0.2, 0.25) is 0 Å². The normalized spacial score (nSPS) is 16.4. The molecule has 1 amide bonds. The standard InChI is InChI=1S/C17H26N2O/c1-13-6-7-16(12-14(13)2)15(3)18-9-8-17(20)19-10-4-5-11-19/h6-7,12,15,18H,4-5,8-11H2,1-3H3. The molecule has 1 aliphatic heterocycles. The number of hydrogen-bond donors (Lipinski definition) is 1. The molecule has 1 saturated heterocycles. The molecule has 1 aliphatic rings. The first-order valence-corrected chi connectivity index (χ1v) is 7.66. The Hall–Kier alpha value is -1.35. The van der Waals surface area contributed by atoms with E-state index in [2.05, 4.69) is 44.3 Å². The van der Waals surface area contributed by atoms with E-state index in [1.54, 1.807) is 0 Å². The van der Waals surface area contributed by atoms with Crippen LogP contribution in [0.15, 0.2) is 18.2 Å². The van der Waals surface area contributed by atoms with Gasteiger partial charge in [0.15, 0.2) is 0 Å². The highest BCUT2D eigenvalue weighted by Gasteiger charge is 2.17. The molecule has 110 valence electrons. The first kappa shape index (κ1) is 15.0. The van der Waals surface area contributed by atoms with Crippen LogP contribution < -0.4 is 5.32 Å². The van der Waals surface area contributed by atoms with Gasteiger partial charge in [-0.15, -0.1) is 0 Å². The lowest BCUT2D eigenvalue weighted by atomic mass is 10.0. The molecule has 0 aromatic heterocycles. The number of likely N-dealkylation sites (tertiary alicyclic amines) is 1. The average Bonchev–Trinajstić information content (AvgIpc) is 2.95. The predicted molar refractivity (Wildman–Crippen MR) is 82.8 cm³/mol. The molecule has 1 fully saturated rings. The molecule has 1 heterocycles. The van der Waals surface area contributed by atoms with Crippen molar-refractivity contribution < 1.29 is 4.79 Å². The average molecular weight is 274 g/mol. The summed E-state index contributed by atoms with van der Waals surface area (Å²) in [6.07, 6.45) is 2.94. The molecule has 0 spiro atoms. The van der Waals surface area contributed by atoms with E-state index in [1.807, 2.05) is 4.90 Å². The zero-order valence-electron chi connectivity index (χ0n) is 12.9. The second-order valence-electron chi connectivity index (χ2n) is 5.86. The smallest absolute Gasteiger partial charge is 0.223 e. The van der Waals surface area contributed by atoms with E-state index in [0.717, 1.165) is 32.5 Å². The number of benzene rings is 1. The molecule has 0 radical (unpaired) electrons. The zero-order valence-corrected chi connectivity index (χ0v) is 12.9. The van der Waals surface area contributed by atoms with Crippen molar-refractivity contribution in [3.63, 3.8) is 0 Å². The number of aryl methyl sites for hydroxylation is 2. The van der Waals surface area contributed by atoms with Crippen molar-refractivity contribution in [2.45, 2.75) is 46.1 Å². The van der Waals surface area contributed by atoms with Crippen LogP contribution in [-0.2, 0) is 4.79 Å². The highest BCUT2D eigenvalue weighted by Crippen LogP contribution is 2.16. The molecule has 0 bridgehead atoms. The Morgan fingerprint density at radius 3 is 2.60 bits per heavy atom. The van der Waals surface area contributed by atoms with Gasteiger partial charge in [-0.25, -0.2) is 0 Å². The number of hydrogen-bond acceptors (Lipinski definition) is 2. The molecule has 3 nitrogen and oxygen atoms in total. The maximum Gasteiger partial charge on any atom is 0.223 e. The SMILES string of the molecule is Cc1ccc(C(C)NCCC(=O)N2CCCC2)cc1C. The first-order chi connectivity index (χ1) is 9.58. The van der Waals surface area contributed by atoms with Crippen molar-refractivity contribution >= 4 is 5.91 Å². The summed E-state index contributed by atoms with van der Waals surface area (Å²) < 4.78 is 0. The summed E-state index contributed by atoms with van der Waals surface area (Å²) in [5.74, 6) is 0.294. The van der Waals surface area contributed by atoms with Crippen LogP contribution in [0, 0.1) is 13.8 Å². The minimum Gasteiger partial charge on any atom is -0.343 e. The molecule has 1 aromatic carbocycles. The molecule has 20 heavy (non-hydrogen) atoms. The summed E-state index contributed by atoms with van der Waals surface area (Å²) in [4.78, 5) is 13.9. The fraction of sp³-hybridized carbons (Fsp3) is 0.588. The summed E-state index contributed by atoms with van der Waals surface area (Å²) in [6.45, 7) is 9.08. The van der Waals surface area contributed by atoms with E-state index in [-0.39, 0.29) is 0 Å². The van der Waals surface area contributed by atoms with Gasteiger partial charge in [0.1, 0.15) is 0 Å². The lowest BCUT2D eigenvalue weighted by Crippen LogP contribution is -2.31. The van der Waals surface area contributed by atoms with Crippen LogP contribution >= 0.6 is 0 Å². The molecular weight excluding hydrogens is 248 g/mol. The Morgan fingerprint density at radius 2 is 1.95 bits per heavy atom. The van der Waals surface area contributed by atoms with Crippen molar-refractivity contribution in [2.24, 2.45) is 0 Å². The lowest BCUT2D eigenvalue weighted by Gasteiger charge is -2.18. The van der Waals surface area contributed by atoms with Gasteiger partial charge in [0.2, 0.25) is 5.91 Å². The van der Waals surface area contributed by atoms with Gasteiger partial charge in [0.05, 0.1) is 0 Å². The number of carbonyl (C=O) groups excluding carboxylic acids is 1. The number of nitrogens with zero attached hydrogens (tertiary/aromatic N) is 1. The number of nitrogens with one attached hydrogen (secondary N) is 1. The van der Waals surface area contributed by atoms with Crippen LogP contribution in [-0.4, -0.2) is 30.4 Å². The summed E-state index contributed by atoms with van der Waals surface area (Å²) in [7, 11) is 0. The van der Waals surface area contributed by atoms with E-state index in [9.17, 15) is 4.79 Å². The van der Waals surface area contributed by atoms with Gasteiger partial charge in [-0.3, -0.25) is 4.79 Å². The van der Waals surface area contributed by atoms with E-state index in [4.69, 9.17) is 0 Å². The lowest BCUT2D eigenvalue weighted by molar-refractivity contribution is -0.130. The van der Waals surface area contributed by atoms with Gasteiger partial charge in [0, 0.05) is 32.1 Å². The Morgan fingerprint density at radius 1 is 1.25 bits per heavy atom. The van der Waals surface area contributed by atoms with Crippen LogP contribution in [0.3, 0.4) is 0 Å². The molecule has 1 unspecified atom stereocenters. The van der Waals surface area contributed by atoms with Crippen LogP contribution in [0.25, 0.3) is 0 Å². The fourth-order valence-electron chi connectivity index (χ4n) is 2.67. The van der Waals surface area contributed by atoms with Crippen LogP contribution in [0.4, 0.5) is 0 Å². The molecule has 1 N–H and O–H groups in total. The monoisotopic (exact) mass is 274 g/mol. The first-order valence-electron chi connectivity index (χ1n) is 7.66. The molecule has 3 heteroatoms. The van der Waals surface area contributed by atoms with Crippen molar-refractivity contribution in [3.8, 4) is 0 Å². The second kappa shape index (κ2) is 6.89. The highest BCUT2D eigenvalue weighted by atomic mass is 16.2. The summed E-state index contributed by atoms with van der Waals surface area (Å²) in [5, 5.41) is 3.45. The zero-order chi connectivity index (χ0) is 14.5. The third-order valence-corrected chi connectivity index (χ3v) is 4.28. The highest BCUT2D eigenvalue weighted by molar-refractivity contribution is 5.76. The third-order valence-electron chi connectivity index (χ3n) is 4.28. The van der Waals surface area contributed by atoms with E-state index < -0.39 is 0 Å². The molecule has 2 rings (SSSR count).